The van der Waals surface area contributed by atoms with Gasteiger partial charge in [-0.1, -0.05) is 31.0 Å². The Hall–Kier alpha value is -2.21. The lowest BCUT2D eigenvalue weighted by atomic mass is 9.80. The molecule has 0 unspecified atom stereocenters. The molecule has 0 spiro atoms. The lowest BCUT2D eigenvalue weighted by Crippen LogP contribution is -2.45. The molecule has 1 aromatic heterocycles. The Balaban J connectivity index is 1.53. The predicted octanol–water partition coefficient (Wildman–Crippen LogP) is 2.42. The van der Waals surface area contributed by atoms with Gasteiger partial charge in [-0.3, -0.25) is 4.79 Å². The summed E-state index contributed by atoms with van der Waals surface area (Å²) in [5, 5.41) is 14.8. The highest BCUT2D eigenvalue weighted by molar-refractivity contribution is 5.90. The van der Waals surface area contributed by atoms with Crippen LogP contribution in [0, 0.1) is 5.92 Å². The molecule has 2 aliphatic rings. The van der Waals surface area contributed by atoms with Crippen LogP contribution in [0.5, 0.6) is 0 Å². The van der Waals surface area contributed by atoms with E-state index in [1.807, 2.05) is 35.2 Å². The van der Waals surface area contributed by atoms with E-state index in [0.717, 1.165) is 50.8 Å². The third-order valence-corrected chi connectivity index (χ3v) is 5.54. The first-order valence-electron chi connectivity index (χ1n) is 9.20. The van der Waals surface area contributed by atoms with Crippen molar-refractivity contribution in [3.63, 3.8) is 0 Å². The number of nitrogens with zero attached hydrogens (tertiary/aromatic N) is 4. The number of hydrogen-bond acceptors (Lipinski definition) is 4. The number of rotatable bonds is 3. The highest BCUT2D eigenvalue weighted by atomic mass is 16.3. The summed E-state index contributed by atoms with van der Waals surface area (Å²) >= 11 is 0. The van der Waals surface area contributed by atoms with Crippen LogP contribution in [-0.4, -0.2) is 49.4 Å². The maximum Gasteiger partial charge on any atom is 0.293 e. The van der Waals surface area contributed by atoms with Crippen molar-refractivity contribution in [2.75, 3.05) is 6.54 Å². The number of amides is 1. The van der Waals surface area contributed by atoms with E-state index in [1.54, 1.807) is 11.0 Å². The van der Waals surface area contributed by atoms with Crippen LogP contribution in [0.4, 0.5) is 0 Å². The van der Waals surface area contributed by atoms with E-state index in [2.05, 4.69) is 10.1 Å². The molecule has 25 heavy (non-hydrogen) atoms. The van der Waals surface area contributed by atoms with Gasteiger partial charge in [0.15, 0.2) is 0 Å². The van der Waals surface area contributed by atoms with Gasteiger partial charge in [-0.2, -0.15) is 0 Å². The van der Waals surface area contributed by atoms with Gasteiger partial charge in [-0.05, 0) is 37.8 Å². The summed E-state index contributed by atoms with van der Waals surface area (Å²) in [5.74, 6) is 0.312. The maximum absolute atomic E-state index is 13.0. The summed E-state index contributed by atoms with van der Waals surface area (Å²) < 4.78 is 1.63. The molecule has 2 heterocycles. The first kappa shape index (κ1) is 16.3. The minimum Gasteiger partial charge on any atom is -0.393 e. The van der Waals surface area contributed by atoms with Crippen molar-refractivity contribution in [2.24, 2.45) is 5.92 Å². The Morgan fingerprint density at radius 1 is 1.08 bits per heavy atom. The third-order valence-electron chi connectivity index (χ3n) is 5.54. The summed E-state index contributed by atoms with van der Waals surface area (Å²) in [5.41, 5.74) is 0.884. The van der Waals surface area contributed by atoms with Crippen molar-refractivity contribution in [3.05, 3.63) is 42.5 Å². The number of aromatic nitrogens is 3. The lowest BCUT2D eigenvalue weighted by molar-refractivity contribution is 0.0207. The molecule has 1 aliphatic carbocycles. The molecule has 3 atom stereocenters. The molecule has 0 radical (unpaired) electrons. The average molecular weight is 340 g/mol. The number of aliphatic hydroxyl groups is 1. The molecule has 2 fully saturated rings. The molecular formula is C19H24N4O2. The van der Waals surface area contributed by atoms with Crippen molar-refractivity contribution < 1.29 is 9.90 Å². The summed E-state index contributed by atoms with van der Waals surface area (Å²) in [4.78, 5) is 19.1. The fraction of sp³-hybridized carbons (Fsp3) is 0.526. The standard InChI is InChI=1S/C19H24N4O2/c24-17-11-5-4-9-15(17)16-10-6-12-22(16)19(25)18-20-13-23(21-18)14-7-2-1-3-8-14/h1-3,7-8,13,15-17,24H,4-6,9-12H2/t15-,16+,17+/m0/s1. The van der Waals surface area contributed by atoms with Crippen LogP contribution in [-0.2, 0) is 0 Å². The Kier molecular flexibility index (Phi) is 4.53. The molecule has 1 saturated heterocycles. The second-order valence-corrected chi connectivity index (χ2v) is 7.07. The Labute approximate surface area is 147 Å². The van der Waals surface area contributed by atoms with Crippen molar-refractivity contribution in [2.45, 2.75) is 50.7 Å². The van der Waals surface area contributed by atoms with Gasteiger partial charge >= 0.3 is 0 Å². The SMILES string of the molecule is O=C(c1ncn(-c2ccccc2)n1)N1CCC[C@@H]1[C@@H]1CCCC[C@H]1O. The number of carbonyl (C=O) groups is 1. The molecule has 132 valence electrons. The molecule has 6 heteroatoms. The maximum atomic E-state index is 13.0. The van der Waals surface area contributed by atoms with E-state index < -0.39 is 0 Å². The van der Waals surface area contributed by atoms with E-state index in [0.29, 0.717) is 0 Å². The summed E-state index contributed by atoms with van der Waals surface area (Å²) in [7, 11) is 0. The fourth-order valence-electron chi connectivity index (χ4n) is 4.27. The fourth-order valence-corrected chi connectivity index (χ4v) is 4.27. The number of benzene rings is 1. The summed E-state index contributed by atoms with van der Waals surface area (Å²) in [6.07, 6.45) is 7.32. The number of likely N-dealkylation sites (tertiary alicyclic amines) is 1. The molecule has 6 nitrogen and oxygen atoms in total. The summed E-state index contributed by atoms with van der Waals surface area (Å²) in [6, 6.07) is 9.78. The van der Waals surface area contributed by atoms with Crippen LogP contribution < -0.4 is 0 Å². The molecule has 1 N–H and O–H groups in total. The van der Waals surface area contributed by atoms with Gasteiger partial charge < -0.3 is 10.0 Å². The van der Waals surface area contributed by atoms with E-state index >= 15 is 0 Å². The van der Waals surface area contributed by atoms with Crippen molar-refractivity contribution in [1.82, 2.24) is 19.7 Å². The van der Waals surface area contributed by atoms with Gasteiger partial charge in [0.05, 0.1) is 11.8 Å². The largest absolute Gasteiger partial charge is 0.393 e. The first-order chi connectivity index (χ1) is 12.2. The van der Waals surface area contributed by atoms with E-state index in [1.165, 1.54) is 0 Å². The van der Waals surface area contributed by atoms with Gasteiger partial charge in [0.1, 0.15) is 6.33 Å². The van der Waals surface area contributed by atoms with Gasteiger partial charge in [0, 0.05) is 18.5 Å². The molecule has 2 aromatic rings. The molecule has 4 rings (SSSR count). The molecular weight excluding hydrogens is 316 g/mol. The van der Waals surface area contributed by atoms with E-state index in [4.69, 9.17) is 0 Å². The monoisotopic (exact) mass is 340 g/mol. The highest BCUT2D eigenvalue weighted by Gasteiger charge is 2.40. The van der Waals surface area contributed by atoms with Crippen LogP contribution >= 0.6 is 0 Å². The molecule has 0 bridgehead atoms. The quantitative estimate of drug-likeness (QED) is 0.931. The minimum absolute atomic E-state index is 0.116. The summed E-state index contributed by atoms with van der Waals surface area (Å²) in [6.45, 7) is 0.729. The van der Waals surface area contributed by atoms with Crippen LogP contribution in [0.25, 0.3) is 5.69 Å². The van der Waals surface area contributed by atoms with E-state index in [-0.39, 0.29) is 29.8 Å². The minimum atomic E-state index is -0.290. The van der Waals surface area contributed by atoms with Crippen molar-refractivity contribution >= 4 is 5.91 Å². The molecule has 1 aromatic carbocycles. The van der Waals surface area contributed by atoms with Crippen LogP contribution in [0.2, 0.25) is 0 Å². The zero-order valence-corrected chi connectivity index (χ0v) is 14.3. The number of aliphatic hydroxyl groups excluding tert-OH is 1. The smallest absolute Gasteiger partial charge is 0.293 e. The van der Waals surface area contributed by atoms with Gasteiger partial charge in [0.2, 0.25) is 5.82 Å². The Bertz CT molecular complexity index is 730. The van der Waals surface area contributed by atoms with Crippen LogP contribution in [0.3, 0.4) is 0 Å². The third kappa shape index (κ3) is 3.18. The predicted molar refractivity (Wildman–Crippen MR) is 93.4 cm³/mol. The van der Waals surface area contributed by atoms with E-state index in [9.17, 15) is 9.90 Å². The zero-order valence-electron chi connectivity index (χ0n) is 14.3. The van der Waals surface area contributed by atoms with Crippen molar-refractivity contribution in [1.29, 1.82) is 0 Å². The average Bonchev–Trinajstić information content (AvgIpc) is 3.32. The van der Waals surface area contributed by atoms with Crippen LogP contribution in [0.15, 0.2) is 36.7 Å². The number of carbonyl (C=O) groups excluding carboxylic acids is 1. The number of para-hydroxylation sites is 1. The lowest BCUT2D eigenvalue weighted by Gasteiger charge is -2.36. The second-order valence-electron chi connectivity index (χ2n) is 7.07. The first-order valence-corrected chi connectivity index (χ1v) is 9.20. The molecule has 1 saturated carbocycles. The van der Waals surface area contributed by atoms with Crippen LogP contribution in [0.1, 0.15) is 49.1 Å². The van der Waals surface area contributed by atoms with Crippen molar-refractivity contribution in [3.8, 4) is 5.69 Å². The molecule has 1 amide bonds. The van der Waals surface area contributed by atoms with Gasteiger partial charge in [0.25, 0.3) is 5.91 Å². The zero-order chi connectivity index (χ0) is 17.2. The Morgan fingerprint density at radius 3 is 2.68 bits per heavy atom. The highest BCUT2D eigenvalue weighted by Crippen LogP contribution is 2.35. The van der Waals surface area contributed by atoms with Gasteiger partial charge in [-0.15, -0.1) is 5.10 Å². The van der Waals surface area contributed by atoms with Gasteiger partial charge in [-0.25, -0.2) is 9.67 Å². The normalized spacial score (nSPS) is 26.8. The second kappa shape index (κ2) is 6.96. The molecule has 1 aliphatic heterocycles. The topological polar surface area (TPSA) is 71.2 Å². The number of hydrogen-bond donors (Lipinski definition) is 1. The Morgan fingerprint density at radius 2 is 1.88 bits per heavy atom.